The fourth-order valence-corrected chi connectivity index (χ4v) is 3.49. The highest BCUT2D eigenvalue weighted by Gasteiger charge is 2.43. The van der Waals surface area contributed by atoms with Crippen molar-refractivity contribution in [2.75, 3.05) is 19.7 Å². The van der Waals surface area contributed by atoms with E-state index in [2.05, 4.69) is 35.6 Å². The van der Waals surface area contributed by atoms with Gasteiger partial charge in [0.2, 0.25) is 0 Å². The lowest BCUT2D eigenvalue weighted by molar-refractivity contribution is -0.0233. The van der Waals surface area contributed by atoms with Crippen LogP contribution in [0.5, 0.6) is 0 Å². The summed E-state index contributed by atoms with van der Waals surface area (Å²) < 4.78 is 6.06. The first-order chi connectivity index (χ1) is 8.42. The maximum absolute atomic E-state index is 6.06. The standard InChI is InChI=1S/C15H21NO/c1-2-6-13(7-3-1)15(8-4-5-9-15)14-12-16-10-11-17-14/h1-3,6-7,14,16H,4-5,8-12H2. The second-order valence-electron chi connectivity index (χ2n) is 5.29. The predicted octanol–water partition coefficient (Wildman–Crippen LogP) is 2.49. The zero-order valence-electron chi connectivity index (χ0n) is 10.3. The summed E-state index contributed by atoms with van der Waals surface area (Å²) in [6, 6.07) is 11.0. The summed E-state index contributed by atoms with van der Waals surface area (Å²) in [5, 5.41) is 3.48. The fraction of sp³-hybridized carbons (Fsp3) is 0.600. The Hall–Kier alpha value is -0.860. The van der Waals surface area contributed by atoms with Crippen molar-refractivity contribution in [3.8, 4) is 0 Å². The Morgan fingerprint density at radius 3 is 2.53 bits per heavy atom. The largest absolute Gasteiger partial charge is 0.375 e. The average Bonchev–Trinajstić information content (AvgIpc) is 2.91. The predicted molar refractivity (Wildman–Crippen MR) is 69.2 cm³/mol. The van der Waals surface area contributed by atoms with E-state index in [4.69, 9.17) is 4.74 Å². The molecule has 1 aromatic carbocycles. The van der Waals surface area contributed by atoms with E-state index in [0.29, 0.717) is 6.10 Å². The number of nitrogens with one attached hydrogen (secondary N) is 1. The first-order valence-corrected chi connectivity index (χ1v) is 6.80. The van der Waals surface area contributed by atoms with Gasteiger partial charge < -0.3 is 10.1 Å². The molecule has 1 aliphatic carbocycles. The van der Waals surface area contributed by atoms with Gasteiger partial charge >= 0.3 is 0 Å². The van der Waals surface area contributed by atoms with Gasteiger partial charge in [-0.25, -0.2) is 0 Å². The van der Waals surface area contributed by atoms with Crippen molar-refractivity contribution in [3.63, 3.8) is 0 Å². The van der Waals surface area contributed by atoms with Crippen molar-refractivity contribution in [2.24, 2.45) is 0 Å². The monoisotopic (exact) mass is 231 g/mol. The quantitative estimate of drug-likeness (QED) is 0.844. The molecule has 17 heavy (non-hydrogen) atoms. The molecule has 3 rings (SSSR count). The van der Waals surface area contributed by atoms with Gasteiger partial charge in [0, 0.05) is 18.5 Å². The van der Waals surface area contributed by atoms with E-state index in [1.165, 1.54) is 31.2 Å². The highest BCUT2D eigenvalue weighted by atomic mass is 16.5. The molecule has 1 atom stereocenters. The maximum atomic E-state index is 6.06. The molecule has 2 aliphatic rings. The Kier molecular flexibility index (Phi) is 3.17. The molecular formula is C15H21NO. The van der Waals surface area contributed by atoms with E-state index in [-0.39, 0.29) is 5.41 Å². The summed E-state index contributed by atoms with van der Waals surface area (Å²) in [4.78, 5) is 0. The van der Waals surface area contributed by atoms with Gasteiger partial charge in [0.05, 0.1) is 12.7 Å². The normalized spacial score (nSPS) is 28.1. The lowest BCUT2D eigenvalue weighted by Crippen LogP contribution is -2.50. The van der Waals surface area contributed by atoms with E-state index in [1.54, 1.807) is 0 Å². The zero-order chi connectivity index (χ0) is 11.6. The molecule has 1 unspecified atom stereocenters. The molecule has 2 nitrogen and oxygen atoms in total. The van der Waals surface area contributed by atoms with Crippen LogP contribution in [0.3, 0.4) is 0 Å². The van der Waals surface area contributed by atoms with E-state index >= 15 is 0 Å². The number of rotatable bonds is 2. The number of hydrogen-bond donors (Lipinski definition) is 1. The molecule has 0 amide bonds. The van der Waals surface area contributed by atoms with Crippen molar-refractivity contribution < 1.29 is 4.74 Å². The summed E-state index contributed by atoms with van der Waals surface area (Å²) in [6.07, 6.45) is 5.61. The summed E-state index contributed by atoms with van der Waals surface area (Å²) in [7, 11) is 0. The van der Waals surface area contributed by atoms with Crippen LogP contribution in [-0.2, 0) is 10.2 Å². The second-order valence-corrected chi connectivity index (χ2v) is 5.29. The Morgan fingerprint density at radius 2 is 1.88 bits per heavy atom. The molecule has 0 bridgehead atoms. The molecule has 1 saturated heterocycles. The minimum absolute atomic E-state index is 0.272. The van der Waals surface area contributed by atoms with Gasteiger partial charge in [0.15, 0.2) is 0 Å². The van der Waals surface area contributed by atoms with Crippen molar-refractivity contribution >= 4 is 0 Å². The van der Waals surface area contributed by atoms with Gasteiger partial charge in [0.25, 0.3) is 0 Å². The molecule has 0 aromatic heterocycles. The number of hydrogen-bond acceptors (Lipinski definition) is 2. The first-order valence-electron chi connectivity index (χ1n) is 6.80. The Labute approximate surface area is 103 Å². The van der Waals surface area contributed by atoms with E-state index in [0.717, 1.165) is 19.7 Å². The number of ether oxygens (including phenoxy) is 1. The zero-order valence-corrected chi connectivity index (χ0v) is 10.3. The SMILES string of the molecule is c1ccc(C2(C3CNCCO3)CCCC2)cc1. The van der Waals surface area contributed by atoms with E-state index in [1.807, 2.05) is 0 Å². The van der Waals surface area contributed by atoms with Gasteiger partial charge in [-0.1, -0.05) is 43.2 Å². The maximum Gasteiger partial charge on any atom is 0.0796 e. The molecule has 1 saturated carbocycles. The van der Waals surface area contributed by atoms with Gasteiger partial charge in [0.1, 0.15) is 0 Å². The Bertz CT molecular complexity index is 350. The van der Waals surface area contributed by atoms with E-state index in [9.17, 15) is 0 Å². The summed E-state index contributed by atoms with van der Waals surface area (Å²) in [5.74, 6) is 0. The molecule has 1 heterocycles. The van der Waals surface area contributed by atoms with Crippen LogP contribution in [0.4, 0.5) is 0 Å². The summed E-state index contributed by atoms with van der Waals surface area (Å²) in [6.45, 7) is 2.87. The van der Waals surface area contributed by atoms with Crippen molar-refractivity contribution in [1.82, 2.24) is 5.32 Å². The molecule has 2 heteroatoms. The number of benzene rings is 1. The molecule has 92 valence electrons. The third-order valence-electron chi connectivity index (χ3n) is 4.39. The van der Waals surface area contributed by atoms with Crippen LogP contribution in [0.1, 0.15) is 31.2 Å². The van der Waals surface area contributed by atoms with Crippen molar-refractivity contribution in [3.05, 3.63) is 35.9 Å². The smallest absolute Gasteiger partial charge is 0.0796 e. The highest BCUT2D eigenvalue weighted by Crippen LogP contribution is 2.45. The van der Waals surface area contributed by atoms with Gasteiger partial charge in [-0.15, -0.1) is 0 Å². The minimum Gasteiger partial charge on any atom is -0.375 e. The van der Waals surface area contributed by atoms with E-state index < -0.39 is 0 Å². The molecule has 1 aliphatic heterocycles. The van der Waals surface area contributed by atoms with Crippen LogP contribution in [0.2, 0.25) is 0 Å². The molecule has 0 spiro atoms. The average molecular weight is 231 g/mol. The lowest BCUT2D eigenvalue weighted by atomic mass is 9.73. The topological polar surface area (TPSA) is 21.3 Å². The lowest BCUT2D eigenvalue weighted by Gasteiger charge is -2.40. The number of morpholine rings is 1. The van der Waals surface area contributed by atoms with Crippen LogP contribution < -0.4 is 5.32 Å². The van der Waals surface area contributed by atoms with Crippen LogP contribution in [-0.4, -0.2) is 25.8 Å². The minimum atomic E-state index is 0.272. The van der Waals surface area contributed by atoms with Crippen LogP contribution in [0.25, 0.3) is 0 Å². The van der Waals surface area contributed by atoms with Crippen molar-refractivity contribution in [1.29, 1.82) is 0 Å². The third kappa shape index (κ3) is 2.00. The summed E-state index contributed by atoms with van der Waals surface area (Å²) >= 11 is 0. The van der Waals surface area contributed by atoms with Gasteiger partial charge in [-0.3, -0.25) is 0 Å². The van der Waals surface area contributed by atoms with Gasteiger partial charge in [-0.05, 0) is 18.4 Å². The molecule has 2 fully saturated rings. The Balaban J connectivity index is 1.92. The summed E-state index contributed by atoms with van der Waals surface area (Å²) in [5.41, 5.74) is 1.75. The van der Waals surface area contributed by atoms with Crippen molar-refractivity contribution in [2.45, 2.75) is 37.2 Å². The third-order valence-corrected chi connectivity index (χ3v) is 4.39. The molecule has 1 aromatic rings. The Morgan fingerprint density at radius 1 is 1.12 bits per heavy atom. The first kappa shape index (κ1) is 11.2. The fourth-order valence-electron chi connectivity index (χ4n) is 3.49. The highest BCUT2D eigenvalue weighted by molar-refractivity contribution is 5.29. The van der Waals surface area contributed by atoms with Crippen LogP contribution in [0.15, 0.2) is 30.3 Å². The molecular weight excluding hydrogens is 210 g/mol. The van der Waals surface area contributed by atoms with Crippen LogP contribution in [0, 0.1) is 0 Å². The van der Waals surface area contributed by atoms with Crippen LogP contribution >= 0.6 is 0 Å². The second kappa shape index (κ2) is 4.79. The molecule has 1 N–H and O–H groups in total. The molecule has 0 radical (unpaired) electrons. The van der Waals surface area contributed by atoms with Gasteiger partial charge in [-0.2, -0.15) is 0 Å².